The summed E-state index contributed by atoms with van der Waals surface area (Å²) in [5.41, 5.74) is 0.433. The summed E-state index contributed by atoms with van der Waals surface area (Å²) in [6, 6.07) is 5.19. The van der Waals surface area contributed by atoms with Crippen molar-refractivity contribution in [3.63, 3.8) is 0 Å². The molecule has 0 aliphatic heterocycles. The van der Waals surface area contributed by atoms with Gasteiger partial charge in [0.25, 0.3) is 0 Å². The minimum absolute atomic E-state index is 0.0723. The van der Waals surface area contributed by atoms with Crippen LogP contribution in [-0.2, 0) is 0 Å². The number of aryl methyl sites for hydroxylation is 1. The van der Waals surface area contributed by atoms with Crippen molar-refractivity contribution < 1.29 is 19.1 Å². The van der Waals surface area contributed by atoms with Crippen LogP contribution >= 0.6 is 0 Å². The molecule has 2 aromatic rings. The second-order valence-electron chi connectivity index (χ2n) is 3.22. The van der Waals surface area contributed by atoms with Crippen LogP contribution in [0.2, 0.25) is 0 Å². The molecule has 4 nitrogen and oxygen atoms in total. The lowest BCUT2D eigenvalue weighted by Gasteiger charge is -2.04. The predicted molar refractivity (Wildman–Crippen MR) is 54.5 cm³/mol. The van der Waals surface area contributed by atoms with Crippen LogP contribution in [0.25, 0.3) is 11.0 Å². The lowest BCUT2D eigenvalue weighted by atomic mass is 10.1. The summed E-state index contributed by atoms with van der Waals surface area (Å²) >= 11 is 0. The Balaban J connectivity index is 2.83. The standard InChI is InChI=1S/C11H10O4/c1-6-5-7-3-4-8(14-2)9(11(12)13)10(7)15-6/h3-5H,1-2H3,(H,12,13). The second-order valence-corrected chi connectivity index (χ2v) is 3.22. The maximum absolute atomic E-state index is 11.1. The SMILES string of the molecule is COc1ccc2cc(C)oc2c1C(=O)O. The summed E-state index contributed by atoms with van der Waals surface area (Å²) in [6.07, 6.45) is 0. The van der Waals surface area contributed by atoms with Gasteiger partial charge in [-0.1, -0.05) is 0 Å². The Hall–Kier alpha value is -1.97. The lowest BCUT2D eigenvalue weighted by Crippen LogP contribution is -2.00. The Bertz CT molecular complexity index is 525. The van der Waals surface area contributed by atoms with Crippen LogP contribution in [0.15, 0.2) is 22.6 Å². The molecule has 0 bridgehead atoms. The maximum Gasteiger partial charge on any atom is 0.343 e. The molecule has 0 spiro atoms. The Morgan fingerprint density at radius 3 is 2.80 bits per heavy atom. The maximum atomic E-state index is 11.1. The van der Waals surface area contributed by atoms with Crippen molar-refractivity contribution in [2.75, 3.05) is 7.11 Å². The molecule has 0 saturated heterocycles. The number of aromatic carboxylic acids is 1. The van der Waals surface area contributed by atoms with Crippen LogP contribution in [0, 0.1) is 6.92 Å². The third-order valence-corrected chi connectivity index (χ3v) is 2.21. The fourth-order valence-corrected chi connectivity index (χ4v) is 1.59. The van der Waals surface area contributed by atoms with E-state index in [1.54, 1.807) is 25.1 Å². The number of carboxylic acids is 1. The topological polar surface area (TPSA) is 59.7 Å². The van der Waals surface area contributed by atoms with Crippen LogP contribution in [0.5, 0.6) is 5.75 Å². The van der Waals surface area contributed by atoms with Gasteiger partial charge in [-0.3, -0.25) is 0 Å². The number of hydrogen-bond acceptors (Lipinski definition) is 3. The highest BCUT2D eigenvalue weighted by atomic mass is 16.5. The number of carbonyl (C=O) groups is 1. The molecule has 1 N–H and O–H groups in total. The van der Waals surface area contributed by atoms with Crippen LogP contribution in [-0.4, -0.2) is 18.2 Å². The summed E-state index contributed by atoms with van der Waals surface area (Å²) in [7, 11) is 1.43. The molecule has 2 rings (SSSR count). The van der Waals surface area contributed by atoms with Gasteiger partial charge in [-0.05, 0) is 25.1 Å². The largest absolute Gasteiger partial charge is 0.496 e. The normalized spacial score (nSPS) is 10.5. The van der Waals surface area contributed by atoms with Gasteiger partial charge < -0.3 is 14.3 Å². The van der Waals surface area contributed by atoms with Gasteiger partial charge in [-0.15, -0.1) is 0 Å². The van der Waals surface area contributed by atoms with Crippen molar-refractivity contribution >= 4 is 16.9 Å². The monoisotopic (exact) mass is 206 g/mol. The Labute approximate surface area is 86.1 Å². The van der Waals surface area contributed by atoms with E-state index in [9.17, 15) is 4.79 Å². The third-order valence-electron chi connectivity index (χ3n) is 2.21. The molecule has 15 heavy (non-hydrogen) atoms. The number of fused-ring (bicyclic) bond motifs is 1. The first-order valence-corrected chi connectivity index (χ1v) is 4.44. The molecule has 0 aliphatic carbocycles. The molecular weight excluding hydrogens is 196 g/mol. The summed E-state index contributed by atoms with van der Waals surface area (Å²) in [5.74, 6) is -0.0584. The molecule has 0 fully saturated rings. The summed E-state index contributed by atoms with van der Waals surface area (Å²) < 4.78 is 10.3. The molecule has 0 aliphatic rings. The molecule has 0 unspecified atom stereocenters. The molecule has 78 valence electrons. The van der Waals surface area contributed by atoms with Crippen molar-refractivity contribution in [1.29, 1.82) is 0 Å². The zero-order valence-electron chi connectivity index (χ0n) is 8.40. The summed E-state index contributed by atoms with van der Waals surface area (Å²) in [6.45, 7) is 1.78. The van der Waals surface area contributed by atoms with Gasteiger partial charge in [0.1, 0.15) is 17.1 Å². The number of methoxy groups -OCH3 is 1. The van der Waals surface area contributed by atoms with Crippen molar-refractivity contribution in [3.8, 4) is 5.75 Å². The van der Waals surface area contributed by atoms with Gasteiger partial charge in [0.05, 0.1) is 7.11 Å². The fraction of sp³-hybridized carbons (Fsp3) is 0.182. The zero-order valence-corrected chi connectivity index (χ0v) is 8.40. The first-order valence-electron chi connectivity index (χ1n) is 4.44. The minimum atomic E-state index is -1.05. The van der Waals surface area contributed by atoms with Gasteiger partial charge in [0.15, 0.2) is 5.58 Å². The quantitative estimate of drug-likeness (QED) is 0.819. The molecule has 1 aromatic heterocycles. The molecule has 4 heteroatoms. The summed E-state index contributed by atoms with van der Waals surface area (Å²) in [5, 5.41) is 9.83. The highest BCUT2D eigenvalue weighted by molar-refractivity contribution is 6.03. The highest BCUT2D eigenvalue weighted by Gasteiger charge is 2.18. The number of rotatable bonds is 2. The van der Waals surface area contributed by atoms with Crippen molar-refractivity contribution in [2.24, 2.45) is 0 Å². The number of furan rings is 1. The van der Waals surface area contributed by atoms with Gasteiger partial charge in [0.2, 0.25) is 0 Å². The minimum Gasteiger partial charge on any atom is -0.496 e. The average molecular weight is 206 g/mol. The first kappa shape index (κ1) is 9.58. The second kappa shape index (κ2) is 3.31. The van der Waals surface area contributed by atoms with E-state index < -0.39 is 5.97 Å². The lowest BCUT2D eigenvalue weighted by molar-refractivity contribution is 0.0694. The Kier molecular flexibility index (Phi) is 2.11. The van der Waals surface area contributed by atoms with Gasteiger partial charge in [0, 0.05) is 5.39 Å². The number of hydrogen-bond donors (Lipinski definition) is 1. The smallest absolute Gasteiger partial charge is 0.343 e. The Morgan fingerprint density at radius 2 is 2.20 bits per heavy atom. The Morgan fingerprint density at radius 1 is 1.47 bits per heavy atom. The fourth-order valence-electron chi connectivity index (χ4n) is 1.59. The number of carboxylic acid groups (broad SMARTS) is 1. The van der Waals surface area contributed by atoms with E-state index in [-0.39, 0.29) is 5.56 Å². The van der Waals surface area contributed by atoms with Crippen LogP contribution in [0.4, 0.5) is 0 Å². The third kappa shape index (κ3) is 1.44. The first-order chi connectivity index (χ1) is 7.13. The van der Waals surface area contributed by atoms with E-state index in [1.807, 2.05) is 0 Å². The van der Waals surface area contributed by atoms with Crippen molar-refractivity contribution in [3.05, 3.63) is 29.5 Å². The van der Waals surface area contributed by atoms with Crippen LogP contribution in [0.1, 0.15) is 16.1 Å². The number of benzene rings is 1. The van der Waals surface area contributed by atoms with E-state index >= 15 is 0 Å². The highest BCUT2D eigenvalue weighted by Crippen LogP contribution is 2.30. The van der Waals surface area contributed by atoms with E-state index in [4.69, 9.17) is 14.3 Å². The van der Waals surface area contributed by atoms with Gasteiger partial charge in [-0.2, -0.15) is 0 Å². The van der Waals surface area contributed by atoms with Crippen LogP contribution < -0.4 is 4.74 Å². The van der Waals surface area contributed by atoms with E-state index in [0.717, 1.165) is 5.39 Å². The zero-order chi connectivity index (χ0) is 11.0. The molecule has 0 radical (unpaired) electrons. The molecule has 0 atom stereocenters. The predicted octanol–water partition coefficient (Wildman–Crippen LogP) is 2.45. The average Bonchev–Trinajstić information content (AvgIpc) is 2.55. The molecule has 0 amide bonds. The van der Waals surface area contributed by atoms with Crippen molar-refractivity contribution in [1.82, 2.24) is 0 Å². The van der Waals surface area contributed by atoms with Crippen LogP contribution in [0.3, 0.4) is 0 Å². The van der Waals surface area contributed by atoms with Crippen molar-refractivity contribution in [2.45, 2.75) is 6.92 Å². The molecule has 1 aromatic carbocycles. The van der Waals surface area contributed by atoms with Gasteiger partial charge >= 0.3 is 5.97 Å². The molecule has 0 saturated carbocycles. The van der Waals surface area contributed by atoms with E-state index in [0.29, 0.717) is 17.1 Å². The summed E-state index contributed by atoms with van der Waals surface area (Å²) in [4.78, 5) is 11.1. The van der Waals surface area contributed by atoms with Gasteiger partial charge in [-0.25, -0.2) is 4.79 Å². The van der Waals surface area contributed by atoms with E-state index in [2.05, 4.69) is 0 Å². The number of ether oxygens (including phenoxy) is 1. The molecule has 1 heterocycles. The van der Waals surface area contributed by atoms with E-state index in [1.165, 1.54) is 7.11 Å². The molecular formula is C11H10O4.